The van der Waals surface area contributed by atoms with Gasteiger partial charge in [-0.15, -0.1) is 0 Å². The molecule has 1 atom stereocenters. The topological polar surface area (TPSA) is 85.2 Å². The molecule has 0 aliphatic carbocycles. The standard InChI is InChI=1S/C21H17Cl3N4O3/c1-31-10-15-18(11-4-2-5-12(22)8-11)20-26-21(30)16(28(20)27-15)9-17(29)25-14-7-3-6-13(23)19(14)24/h2-8,16H,9-10H2,1H3,(H,25,29)(H,26,30). The number of methoxy groups -OCH3 is 1. The molecule has 0 fully saturated rings. The van der Waals surface area contributed by atoms with Crippen molar-refractivity contribution < 1.29 is 14.3 Å². The molecule has 1 aliphatic rings. The van der Waals surface area contributed by atoms with E-state index in [-0.39, 0.29) is 24.0 Å². The van der Waals surface area contributed by atoms with Crippen LogP contribution in [0.1, 0.15) is 18.2 Å². The van der Waals surface area contributed by atoms with Gasteiger partial charge < -0.3 is 15.4 Å². The zero-order chi connectivity index (χ0) is 22.1. The van der Waals surface area contributed by atoms with Gasteiger partial charge in [0.2, 0.25) is 5.91 Å². The molecule has 1 aliphatic heterocycles. The normalized spacial score (nSPS) is 15.0. The highest BCUT2D eigenvalue weighted by Gasteiger charge is 2.37. The highest BCUT2D eigenvalue weighted by Crippen LogP contribution is 2.39. The Balaban J connectivity index is 1.64. The average molecular weight is 480 g/mol. The first-order chi connectivity index (χ1) is 14.9. The van der Waals surface area contributed by atoms with Crippen molar-refractivity contribution >= 4 is 58.1 Å². The molecular weight excluding hydrogens is 463 g/mol. The molecule has 0 saturated heterocycles. The molecule has 2 aromatic carbocycles. The molecule has 0 radical (unpaired) electrons. The number of rotatable bonds is 6. The number of nitrogens with one attached hydrogen (secondary N) is 2. The van der Waals surface area contributed by atoms with Crippen LogP contribution in [0.2, 0.25) is 15.1 Å². The van der Waals surface area contributed by atoms with Crippen LogP contribution in [0.25, 0.3) is 11.1 Å². The van der Waals surface area contributed by atoms with E-state index >= 15 is 0 Å². The molecule has 0 bridgehead atoms. The number of carbonyl (C=O) groups excluding carboxylic acids is 2. The molecule has 0 spiro atoms. The van der Waals surface area contributed by atoms with Gasteiger partial charge in [0.1, 0.15) is 11.9 Å². The highest BCUT2D eigenvalue weighted by molar-refractivity contribution is 6.44. The second kappa shape index (κ2) is 8.88. The maximum atomic E-state index is 12.7. The van der Waals surface area contributed by atoms with E-state index in [0.29, 0.717) is 32.8 Å². The fraction of sp³-hybridized carbons (Fsp3) is 0.190. The van der Waals surface area contributed by atoms with E-state index in [4.69, 9.17) is 39.5 Å². The van der Waals surface area contributed by atoms with Crippen molar-refractivity contribution in [3.8, 4) is 11.1 Å². The van der Waals surface area contributed by atoms with E-state index in [1.807, 2.05) is 12.1 Å². The van der Waals surface area contributed by atoms with E-state index in [0.717, 1.165) is 5.56 Å². The van der Waals surface area contributed by atoms with Gasteiger partial charge in [0, 0.05) is 17.7 Å². The van der Waals surface area contributed by atoms with Gasteiger partial charge in [-0.05, 0) is 29.8 Å². The number of amides is 2. The molecular formula is C21H17Cl3N4O3. The maximum Gasteiger partial charge on any atom is 0.251 e. The SMILES string of the molecule is COCc1nn2c(c1-c1cccc(Cl)c1)NC(=O)C2CC(=O)Nc1cccc(Cl)c1Cl. The Kier molecular flexibility index (Phi) is 6.20. The lowest BCUT2D eigenvalue weighted by atomic mass is 10.1. The Morgan fingerprint density at radius 2 is 2.00 bits per heavy atom. The summed E-state index contributed by atoms with van der Waals surface area (Å²) in [6.45, 7) is 0.231. The van der Waals surface area contributed by atoms with E-state index in [1.165, 1.54) is 4.68 Å². The Labute approximate surface area is 193 Å². The zero-order valence-electron chi connectivity index (χ0n) is 16.3. The smallest absolute Gasteiger partial charge is 0.251 e. The Morgan fingerprint density at radius 1 is 1.23 bits per heavy atom. The number of anilines is 2. The minimum absolute atomic E-state index is 0.134. The molecule has 3 aromatic rings. The van der Waals surface area contributed by atoms with Gasteiger partial charge in [-0.2, -0.15) is 5.10 Å². The predicted octanol–water partition coefficient (Wildman–Crippen LogP) is 5.18. The fourth-order valence-corrected chi connectivity index (χ4v) is 4.02. The van der Waals surface area contributed by atoms with Gasteiger partial charge in [0.25, 0.3) is 5.91 Å². The number of hydrogen-bond acceptors (Lipinski definition) is 4. The van der Waals surface area contributed by atoms with Crippen LogP contribution in [0.4, 0.5) is 11.5 Å². The molecule has 2 amide bonds. The van der Waals surface area contributed by atoms with E-state index in [1.54, 1.807) is 37.4 Å². The summed E-state index contributed by atoms with van der Waals surface area (Å²) >= 11 is 18.3. The number of aromatic nitrogens is 2. The third-order valence-electron chi connectivity index (χ3n) is 4.82. The first kappa shape index (κ1) is 21.6. The second-order valence-electron chi connectivity index (χ2n) is 6.92. The maximum absolute atomic E-state index is 12.7. The number of halogens is 3. The summed E-state index contributed by atoms with van der Waals surface area (Å²) in [6, 6.07) is 11.3. The summed E-state index contributed by atoms with van der Waals surface area (Å²) in [6.07, 6.45) is -0.134. The number of hydrogen-bond donors (Lipinski definition) is 2. The van der Waals surface area contributed by atoms with Crippen LogP contribution in [0.3, 0.4) is 0 Å². The monoisotopic (exact) mass is 478 g/mol. The Hall–Kier alpha value is -2.58. The number of fused-ring (bicyclic) bond motifs is 1. The van der Waals surface area contributed by atoms with Crippen molar-refractivity contribution in [2.75, 3.05) is 17.7 Å². The second-order valence-corrected chi connectivity index (χ2v) is 8.14. The summed E-state index contributed by atoms with van der Waals surface area (Å²) in [5, 5.41) is 11.2. The zero-order valence-corrected chi connectivity index (χ0v) is 18.6. The van der Waals surface area contributed by atoms with Crippen molar-refractivity contribution in [2.45, 2.75) is 19.1 Å². The van der Waals surface area contributed by atoms with Crippen LogP contribution < -0.4 is 10.6 Å². The van der Waals surface area contributed by atoms with Gasteiger partial charge in [0.15, 0.2) is 0 Å². The summed E-state index contributed by atoms with van der Waals surface area (Å²) in [4.78, 5) is 25.3. The first-order valence-electron chi connectivity index (χ1n) is 9.30. The first-order valence-corrected chi connectivity index (χ1v) is 10.4. The van der Waals surface area contributed by atoms with Crippen molar-refractivity contribution in [2.24, 2.45) is 0 Å². The summed E-state index contributed by atoms with van der Waals surface area (Å²) in [5.41, 5.74) is 2.50. The minimum Gasteiger partial charge on any atom is -0.378 e. The molecule has 2 N–H and O–H groups in total. The van der Waals surface area contributed by atoms with Crippen molar-refractivity contribution in [1.29, 1.82) is 0 Å². The van der Waals surface area contributed by atoms with Crippen LogP contribution in [0.15, 0.2) is 42.5 Å². The van der Waals surface area contributed by atoms with Crippen LogP contribution >= 0.6 is 34.8 Å². The summed E-state index contributed by atoms with van der Waals surface area (Å²) in [7, 11) is 1.56. The largest absolute Gasteiger partial charge is 0.378 e. The molecule has 1 aromatic heterocycles. The third-order valence-corrected chi connectivity index (χ3v) is 5.88. The average Bonchev–Trinajstić information content (AvgIpc) is 3.21. The molecule has 1 unspecified atom stereocenters. The molecule has 31 heavy (non-hydrogen) atoms. The highest BCUT2D eigenvalue weighted by atomic mass is 35.5. The van der Waals surface area contributed by atoms with Gasteiger partial charge in [-0.1, -0.05) is 53.0 Å². The van der Waals surface area contributed by atoms with Crippen molar-refractivity contribution in [3.63, 3.8) is 0 Å². The van der Waals surface area contributed by atoms with E-state index < -0.39 is 11.9 Å². The molecule has 0 saturated carbocycles. The Bertz CT molecular complexity index is 1180. The molecule has 4 rings (SSSR count). The quantitative estimate of drug-likeness (QED) is 0.510. The Morgan fingerprint density at radius 3 is 2.74 bits per heavy atom. The number of carbonyl (C=O) groups is 2. The van der Waals surface area contributed by atoms with Crippen LogP contribution in [0, 0.1) is 0 Å². The number of ether oxygens (including phenoxy) is 1. The number of nitrogens with zero attached hydrogens (tertiary/aromatic N) is 2. The minimum atomic E-state index is -0.823. The van der Waals surface area contributed by atoms with Gasteiger partial charge in [0.05, 0.1) is 34.5 Å². The molecule has 10 heteroatoms. The van der Waals surface area contributed by atoms with E-state index in [2.05, 4.69) is 15.7 Å². The lowest BCUT2D eigenvalue weighted by Gasteiger charge is -2.11. The van der Waals surface area contributed by atoms with E-state index in [9.17, 15) is 9.59 Å². The lowest BCUT2D eigenvalue weighted by Crippen LogP contribution is -2.24. The third kappa shape index (κ3) is 4.27. The molecule has 160 valence electrons. The predicted molar refractivity (Wildman–Crippen MR) is 121 cm³/mol. The van der Waals surface area contributed by atoms with Crippen LogP contribution in [0.5, 0.6) is 0 Å². The van der Waals surface area contributed by atoms with Gasteiger partial charge in [-0.3, -0.25) is 9.59 Å². The number of benzene rings is 2. The van der Waals surface area contributed by atoms with Crippen LogP contribution in [-0.2, 0) is 20.9 Å². The molecule has 7 nitrogen and oxygen atoms in total. The van der Waals surface area contributed by atoms with Gasteiger partial charge in [-0.25, -0.2) is 4.68 Å². The lowest BCUT2D eigenvalue weighted by molar-refractivity contribution is -0.123. The summed E-state index contributed by atoms with van der Waals surface area (Å²) in [5.74, 6) is -0.231. The molecule has 2 heterocycles. The fourth-order valence-electron chi connectivity index (χ4n) is 3.48. The van der Waals surface area contributed by atoms with Crippen LogP contribution in [-0.4, -0.2) is 28.7 Å². The summed E-state index contributed by atoms with van der Waals surface area (Å²) < 4.78 is 6.80. The van der Waals surface area contributed by atoms with Gasteiger partial charge >= 0.3 is 0 Å². The van der Waals surface area contributed by atoms with Crippen molar-refractivity contribution in [3.05, 3.63) is 63.2 Å². The van der Waals surface area contributed by atoms with Crippen molar-refractivity contribution in [1.82, 2.24) is 9.78 Å².